The fraction of sp³-hybridized carbons (Fsp3) is 0.381. The molecule has 0 radical (unpaired) electrons. The largest absolute Gasteiger partial charge is 0.495 e. The summed E-state index contributed by atoms with van der Waals surface area (Å²) >= 11 is 0. The summed E-state index contributed by atoms with van der Waals surface area (Å²) in [4.78, 5) is 12.7. The molecule has 1 amide bonds. The second-order valence-electron chi connectivity index (χ2n) is 7.26. The van der Waals surface area contributed by atoms with Crippen molar-refractivity contribution in [3.8, 4) is 5.75 Å². The highest BCUT2D eigenvalue weighted by Gasteiger charge is 2.24. The molecule has 0 aromatic heterocycles. The minimum absolute atomic E-state index is 0.0148. The standard InChI is InChI=1S/C21H26N2O5S/c1-14-7-8-15(21(25)22-16-9-11-17(24)12-10-16)13-20(14)29(26,27)23-18-5-3-4-6-19(18)28-2/h3-8,13,16-17,23-24H,9-12H2,1-2H3,(H,22,25). The smallest absolute Gasteiger partial charge is 0.262 e. The number of aliphatic hydroxyl groups is 1. The molecule has 1 aliphatic carbocycles. The molecule has 0 unspecified atom stereocenters. The first-order chi connectivity index (χ1) is 13.8. The van der Waals surface area contributed by atoms with Crippen molar-refractivity contribution in [1.82, 2.24) is 5.32 Å². The SMILES string of the molecule is COc1ccccc1NS(=O)(=O)c1cc(C(=O)NC2CCC(O)CC2)ccc1C. The topological polar surface area (TPSA) is 105 Å². The number of carbonyl (C=O) groups excluding carboxylic acids is 1. The number of para-hydroxylation sites is 2. The molecule has 2 aromatic rings. The number of rotatable bonds is 6. The van der Waals surface area contributed by atoms with Crippen LogP contribution in [0.5, 0.6) is 5.75 Å². The molecule has 0 aliphatic heterocycles. The van der Waals surface area contributed by atoms with Crippen LogP contribution in [0.15, 0.2) is 47.4 Å². The van der Waals surface area contributed by atoms with Crippen molar-refractivity contribution in [1.29, 1.82) is 0 Å². The highest BCUT2D eigenvalue weighted by atomic mass is 32.2. The number of hydrogen-bond donors (Lipinski definition) is 3. The quantitative estimate of drug-likeness (QED) is 0.669. The summed E-state index contributed by atoms with van der Waals surface area (Å²) in [6.45, 7) is 1.68. The lowest BCUT2D eigenvalue weighted by molar-refractivity contribution is 0.0867. The summed E-state index contributed by atoms with van der Waals surface area (Å²) in [6.07, 6.45) is 2.42. The average molecular weight is 419 g/mol. The number of anilines is 1. The third kappa shape index (κ3) is 5.07. The van der Waals surface area contributed by atoms with E-state index in [4.69, 9.17) is 4.74 Å². The number of ether oxygens (including phenoxy) is 1. The zero-order chi connectivity index (χ0) is 21.0. The highest BCUT2D eigenvalue weighted by molar-refractivity contribution is 7.92. The van der Waals surface area contributed by atoms with Crippen LogP contribution in [0.2, 0.25) is 0 Å². The molecule has 2 aromatic carbocycles. The monoisotopic (exact) mass is 418 g/mol. The van der Waals surface area contributed by atoms with Gasteiger partial charge in [-0.05, 0) is 62.4 Å². The Bertz CT molecular complexity index is 982. The number of aryl methyl sites for hydroxylation is 1. The molecule has 7 nitrogen and oxygen atoms in total. The highest BCUT2D eigenvalue weighted by Crippen LogP contribution is 2.27. The maximum absolute atomic E-state index is 13.0. The van der Waals surface area contributed by atoms with Gasteiger partial charge in [-0.2, -0.15) is 0 Å². The third-order valence-corrected chi connectivity index (χ3v) is 6.63. The Hall–Kier alpha value is -2.58. The van der Waals surface area contributed by atoms with Gasteiger partial charge >= 0.3 is 0 Å². The van der Waals surface area contributed by atoms with Gasteiger partial charge in [0, 0.05) is 11.6 Å². The molecule has 3 N–H and O–H groups in total. The van der Waals surface area contributed by atoms with Crippen molar-refractivity contribution in [2.75, 3.05) is 11.8 Å². The summed E-state index contributed by atoms with van der Waals surface area (Å²) in [6, 6.07) is 11.3. The van der Waals surface area contributed by atoms with E-state index in [1.165, 1.54) is 13.2 Å². The second kappa shape index (κ2) is 8.84. The molecule has 1 aliphatic rings. The number of carbonyl (C=O) groups is 1. The molecule has 8 heteroatoms. The van der Waals surface area contributed by atoms with E-state index in [0.717, 1.165) is 0 Å². The molecular formula is C21H26N2O5S. The zero-order valence-corrected chi connectivity index (χ0v) is 17.3. The van der Waals surface area contributed by atoms with Gasteiger partial charge in [0.2, 0.25) is 0 Å². The lowest BCUT2D eigenvalue weighted by atomic mass is 9.93. The maximum Gasteiger partial charge on any atom is 0.262 e. The van der Waals surface area contributed by atoms with E-state index < -0.39 is 10.0 Å². The van der Waals surface area contributed by atoms with Gasteiger partial charge < -0.3 is 15.2 Å². The molecule has 0 atom stereocenters. The van der Waals surface area contributed by atoms with Crippen LogP contribution >= 0.6 is 0 Å². The van der Waals surface area contributed by atoms with Gasteiger partial charge in [0.25, 0.3) is 15.9 Å². The number of aliphatic hydroxyl groups excluding tert-OH is 1. The summed E-state index contributed by atoms with van der Waals surface area (Å²) in [5, 5.41) is 12.5. The predicted molar refractivity (Wildman–Crippen MR) is 111 cm³/mol. The van der Waals surface area contributed by atoms with Crippen molar-refractivity contribution in [3.05, 3.63) is 53.6 Å². The number of benzene rings is 2. The Balaban J connectivity index is 1.81. The van der Waals surface area contributed by atoms with Crippen LogP contribution < -0.4 is 14.8 Å². The first-order valence-corrected chi connectivity index (χ1v) is 11.0. The van der Waals surface area contributed by atoms with Crippen LogP contribution in [0.3, 0.4) is 0 Å². The number of nitrogens with one attached hydrogen (secondary N) is 2. The summed E-state index contributed by atoms with van der Waals surface area (Å²) < 4.78 is 33.7. The van der Waals surface area contributed by atoms with E-state index >= 15 is 0 Å². The van der Waals surface area contributed by atoms with Gasteiger partial charge in [0.1, 0.15) is 5.75 Å². The van der Waals surface area contributed by atoms with Crippen molar-refractivity contribution in [3.63, 3.8) is 0 Å². The van der Waals surface area contributed by atoms with Crippen LogP contribution in [0.4, 0.5) is 5.69 Å². The minimum Gasteiger partial charge on any atom is -0.495 e. The Morgan fingerprint density at radius 2 is 1.79 bits per heavy atom. The van der Waals surface area contributed by atoms with E-state index in [1.54, 1.807) is 43.3 Å². The van der Waals surface area contributed by atoms with Crippen LogP contribution in [0.25, 0.3) is 0 Å². The van der Waals surface area contributed by atoms with E-state index in [1.807, 2.05) is 0 Å². The van der Waals surface area contributed by atoms with Crippen molar-refractivity contribution in [2.24, 2.45) is 0 Å². The number of sulfonamides is 1. The summed E-state index contributed by atoms with van der Waals surface area (Å²) in [5.41, 5.74) is 1.14. The molecule has 156 valence electrons. The van der Waals surface area contributed by atoms with Crippen molar-refractivity contribution >= 4 is 21.6 Å². The minimum atomic E-state index is -3.92. The first-order valence-electron chi connectivity index (χ1n) is 9.55. The Morgan fingerprint density at radius 3 is 2.48 bits per heavy atom. The van der Waals surface area contributed by atoms with Crippen LogP contribution in [0, 0.1) is 6.92 Å². The molecule has 0 spiro atoms. The number of amides is 1. The number of hydrogen-bond acceptors (Lipinski definition) is 5. The van der Waals surface area contributed by atoms with Crippen molar-refractivity contribution < 1.29 is 23.1 Å². The lowest BCUT2D eigenvalue weighted by Gasteiger charge is -2.26. The van der Waals surface area contributed by atoms with E-state index in [9.17, 15) is 18.3 Å². The zero-order valence-electron chi connectivity index (χ0n) is 16.5. The predicted octanol–water partition coefficient (Wildman–Crippen LogP) is 2.84. The van der Waals surface area contributed by atoms with Gasteiger partial charge in [0.05, 0.1) is 23.8 Å². The molecule has 0 saturated heterocycles. The normalized spacial score (nSPS) is 19.4. The van der Waals surface area contributed by atoms with Gasteiger partial charge in [0.15, 0.2) is 0 Å². The molecular weight excluding hydrogens is 392 g/mol. The summed E-state index contributed by atoms with van der Waals surface area (Å²) in [5.74, 6) is 0.0854. The second-order valence-corrected chi connectivity index (χ2v) is 8.92. The van der Waals surface area contributed by atoms with Crippen LogP contribution in [-0.2, 0) is 10.0 Å². The van der Waals surface area contributed by atoms with E-state index in [-0.39, 0.29) is 28.5 Å². The van der Waals surface area contributed by atoms with Crippen molar-refractivity contribution in [2.45, 2.75) is 49.6 Å². The number of methoxy groups -OCH3 is 1. The average Bonchev–Trinajstić information content (AvgIpc) is 2.70. The summed E-state index contributed by atoms with van der Waals surface area (Å²) in [7, 11) is -2.45. The maximum atomic E-state index is 13.0. The fourth-order valence-corrected chi connectivity index (χ4v) is 4.79. The Kier molecular flexibility index (Phi) is 6.44. The van der Waals surface area contributed by atoms with Gasteiger partial charge in [-0.25, -0.2) is 8.42 Å². The van der Waals surface area contributed by atoms with E-state index in [0.29, 0.717) is 42.7 Å². The van der Waals surface area contributed by atoms with Crippen LogP contribution in [-0.4, -0.2) is 38.7 Å². The molecule has 1 saturated carbocycles. The Labute approximate surface area is 171 Å². The third-order valence-electron chi connectivity index (χ3n) is 5.12. The molecule has 0 heterocycles. The van der Waals surface area contributed by atoms with Gasteiger partial charge in [-0.1, -0.05) is 18.2 Å². The Morgan fingerprint density at radius 1 is 1.10 bits per heavy atom. The molecule has 0 bridgehead atoms. The van der Waals surface area contributed by atoms with Gasteiger partial charge in [-0.3, -0.25) is 9.52 Å². The first kappa shape index (κ1) is 21.1. The molecule has 1 fully saturated rings. The van der Waals surface area contributed by atoms with Gasteiger partial charge in [-0.15, -0.1) is 0 Å². The molecule has 3 rings (SSSR count). The van der Waals surface area contributed by atoms with E-state index in [2.05, 4.69) is 10.0 Å². The lowest BCUT2D eigenvalue weighted by Crippen LogP contribution is -2.38. The molecule has 29 heavy (non-hydrogen) atoms. The van der Waals surface area contributed by atoms with Crippen LogP contribution in [0.1, 0.15) is 41.6 Å². The fourth-order valence-electron chi connectivity index (χ4n) is 3.45.